The average Bonchev–Trinajstić information content (AvgIpc) is 3.51. The van der Waals surface area contributed by atoms with Crippen molar-refractivity contribution >= 4 is 35.1 Å². The molecule has 1 aromatic carbocycles. The zero-order valence-corrected chi connectivity index (χ0v) is 16.5. The Bertz CT molecular complexity index is 849. The van der Waals surface area contributed by atoms with E-state index in [2.05, 4.69) is 16.0 Å². The van der Waals surface area contributed by atoms with Gasteiger partial charge in [0.25, 0.3) is 5.91 Å². The van der Waals surface area contributed by atoms with E-state index in [4.69, 9.17) is 0 Å². The molecule has 1 heterocycles. The molecule has 0 aromatic heterocycles. The van der Waals surface area contributed by atoms with Crippen molar-refractivity contribution in [1.82, 2.24) is 10.2 Å². The van der Waals surface area contributed by atoms with Gasteiger partial charge in [0.05, 0.1) is 0 Å². The standard InChI is InChI=1S/C21H26N4O4/c1-13-4-2-3-11-21(13)19(28)25(20(29)24-21)12-17(26)22-15-7-9-16(10-8-15)23-18(27)14-5-6-14/h7-10,13-14H,2-6,11-12H2,1H3,(H,22,26)(H,23,27)(H,24,29)/t13-,21+/m0/s1. The molecule has 3 N–H and O–H groups in total. The predicted molar refractivity (Wildman–Crippen MR) is 107 cm³/mol. The number of hydrogen-bond donors (Lipinski definition) is 3. The summed E-state index contributed by atoms with van der Waals surface area (Å²) < 4.78 is 0. The van der Waals surface area contributed by atoms with Crippen molar-refractivity contribution in [3.8, 4) is 0 Å². The molecule has 8 heteroatoms. The molecule has 154 valence electrons. The van der Waals surface area contributed by atoms with Gasteiger partial charge in [-0.3, -0.25) is 19.3 Å². The molecule has 29 heavy (non-hydrogen) atoms. The Hall–Kier alpha value is -2.90. The van der Waals surface area contributed by atoms with Crippen LogP contribution in [-0.2, 0) is 14.4 Å². The molecule has 2 aliphatic carbocycles. The second-order valence-electron chi connectivity index (χ2n) is 8.33. The molecule has 2 atom stereocenters. The minimum atomic E-state index is -0.864. The number of imide groups is 1. The van der Waals surface area contributed by atoms with Gasteiger partial charge in [-0.2, -0.15) is 0 Å². The number of nitrogens with zero attached hydrogens (tertiary/aromatic N) is 1. The number of rotatable bonds is 5. The molecule has 1 aliphatic heterocycles. The van der Waals surface area contributed by atoms with Crippen LogP contribution in [0.5, 0.6) is 0 Å². The Kier molecular flexibility index (Phi) is 5.02. The number of amides is 5. The van der Waals surface area contributed by atoms with Crippen molar-refractivity contribution in [2.45, 2.75) is 51.0 Å². The molecule has 8 nitrogen and oxygen atoms in total. The van der Waals surface area contributed by atoms with Crippen LogP contribution >= 0.6 is 0 Å². The zero-order chi connectivity index (χ0) is 20.6. The van der Waals surface area contributed by atoms with E-state index in [-0.39, 0.29) is 30.2 Å². The van der Waals surface area contributed by atoms with Crippen molar-refractivity contribution in [3.63, 3.8) is 0 Å². The number of urea groups is 1. The number of nitrogens with one attached hydrogen (secondary N) is 3. The Labute approximate surface area is 169 Å². The maximum Gasteiger partial charge on any atom is 0.325 e. The molecular weight excluding hydrogens is 372 g/mol. The van der Waals surface area contributed by atoms with Crippen LogP contribution in [0.2, 0.25) is 0 Å². The van der Waals surface area contributed by atoms with Gasteiger partial charge in [-0.25, -0.2) is 4.79 Å². The monoisotopic (exact) mass is 398 g/mol. The summed E-state index contributed by atoms with van der Waals surface area (Å²) in [4.78, 5) is 50.5. The number of benzene rings is 1. The van der Waals surface area contributed by atoms with Gasteiger partial charge >= 0.3 is 6.03 Å². The first kappa shape index (κ1) is 19.4. The van der Waals surface area contributed by atoms with Crippen LogP contribution < -0.4 is 16.0 Å². The van der Waals surface area contributed by atoms with Crippen LogP contribution in [-0.4, -0.2) is 40.7 Å². The van der Waals surface area contributed by atoms with E-state index >= 15 is 0 Å². The van der Waals surface area contributed by atoms with Gasteiger partial charge in [-0.05, 0) is 55.9 Å². The third kappa shape index (κ3) is 3.83. The van der Waals surface area contributed by atoms with Gasteiger partial charge in [-0.1, -0.05) is 19.8 Å². The molecular formula is C21H26N4O4. The first-order valence-electron chi connectivity index (χ1n) is 10.2. The molecule has 1 saturated heterocycles. The smallest absolute Gasteiger partial charge is 0.325 e. The third-order valence-electron chi connectivity index (χ3n) is 6.19. The van der Waals surface area contributed by atoms with E-state index in [0.29, 0.717) is 17.8 Å². The lowest BCUT2D eigenvalue weighted by molar-refractivity contribution is -0.136. The van der Waals surface area contributed by atoms with E-state index < -0.39 is 17.5 Å². The predicted octanol–water partition coefficient (Wildman–Crippen LogP) is 2.47. The van der Waals surface area contributed by atoms with Crippen molar-refractivity contribution in [3.05, 3.63) is 24.3 Å². The van der Waals surface area contributed by atoms with Crippen molar-refractivity contribution in [1.29, 1.82) is 0 Å². The number of hydrogen-bond acceptors (Lipinski definition) is 4. The molecule has 3 aliphatic rings. The van der Waals surface area contributed by atoms with Crippen LogP contribution in [0, 0.1) is 11.8 Å². The van der Waals surface area contributed by atoms with Crippen LogP contribution in [0.15, 0.2) is 24.3 Å². The number of anilines is 2. The fraction of sp³-hybridized carbons (Fsp3) is 0.524. The normalized spacial score (nSPS) is 26.4. The van der Waals surface area contributed by atoms with E-state index in [1.807, 2.05) is 6.92 Å². The summed E-state index contributed by atoms with van der Waals surface area (Å²) in [6, 6.07) is 6.27. The lowest BCUT2D eigenvalue weighted by atomic mass is 9.73. The lowest BCUT2D eigenvalue weighted by Gasteiger charge is -2.36. The highest BCUT2D eigenvalue weighted by molar-refractivity contribution is 6.10. The molecule has 1 spiro atoms. The largest absolute Gasteiger partial charge is 0.326 e. The summed E-state index contributed by atoms with van der Waals surface area (Å²) in [5.41, 5.74) is 0.339. The van der Waals surface area contributed by atoms with Gasteiger partial charge < -0.3 is 16.0 Å². The molecule has 0 bridgehead atoms. The molecule has 2 saturated carbocycles. The highest BCUT2D eigenvalue weighted by Gasteiger charge is 2.55. The minimum Gasteiger partial charge on any atom is -0.326 e. The highest BCUT2D eigenvalue weighted by Crippen LogP contribution is 2.38. The Morgan fingerprint density at radius 1 is 1.07 bits per heavy atom. The molecule has 3 fully saturated rings. The van der Waals surface area contributed by atoms with E-state index in [9.17, 15) is 19.2 Å². The molecule has 1 aromatic rings. The molecule has 5 amide bonds. The molecule has 0 radical (unpaired) electrons. The fourth-order valence-corrected chi connectivity index (χ4v) is 4.21. The Morgan fingerprint density at radius 3 is 2.34 bits per heavy atom. The van der Waals surface area contributed by atoms with Gasteiger partial charge in [0, 0.05) is 17.3 Å². The van der Waals surface area contributed by atoms with Gasteiger partial charge in [0.1, 0.15) is 12.1 Å². The van der Waals surface area contributed by atoms with E-state index in [1.165, 1.54) is 0 Å². The maximum atomic E-state index is 12.9. The number of carbonyl (C=O) groups is 4. The quantitative estimate of drug-likeness (QED) is 0.662. The summed E-state index contributed by atoms with van der Waals surface area (Å²) in [6.07, 6.45) is 5.30. The van der Waals surface area contributed by atoms with Crippen molar-refractivity contribution in [2.75, 3.05) is 17.2 Å². The second-order valence-corrected chi connectivity index (χ2v) is 8.33. The van der Waals surface area contributed by atoms with Crippen molar-refractivity contribution < 1.29 is 19.2 Å². The summed E-state index contributed by atoms with van der Waals surface area (Å²) >= 11 is 0. The van der Waals surface area contributed by atoms with E-state index in [0.717, 1.165) is 37.0 Å². The van der Waals surface area contributed by atoms with Crippen LogP contribution in [0.4, 0.5) is 16.2 Å². The van der Waals surface area contributed by atoms with Crippen molar-refractivity contribution in [2.24, 2.45) is 11.8 Å². The van der Waals surface area contributed by atoms with Gasteiger partial charge in [-0.15, -0.1) is 0 Å². The van der Waals surface area contributed by atoms with Crippen LogP contribution in [0.3, 0.4) is 0 Å². The average molecular weight is 398 g/mol. The first-order chi connectivity index (χ1) is 13.9. The zero-order valence-electron chi connectivity index (χ0n) is 16.5. The molecule has 4 rings (SSSR count). The lowest BCUT2D eigenvalue weighted by Crippen LogP contribution is -2.54. The summed E-state index contributed by atoms with van der Waals surface area (Å²) in [7, 11) is 0. The second kappa shape index (κ2) is 7.50. The fourth-order valence-electron chi connectivity index (χ4n) is 4.21. The summed E-state index contributed by atoms with van der Waals surface area (Å²) in [5.74, 6) is -0.550. The van der Waals surface area contributed by atoms with Crippen LogP contribution in [0.1, 0.15) is 45.4 Å². The minimum absolute atomic E-state index is 0.0196. The third-order valence-corrected chi connectivity index (χ3v) is 6.19. The topological polar surface area (TPSA) is 108 Å². The highest BCUT2D eigenvalue weighted by atomic mass is 16.2. The Morgan fingerprint density at radius 2 is 1.72 bits per heavy atom. The van der Waals surface area contributed by atoms with Gasteiger partial charge in [0.2, 0.25) is 11.8 Å². The maximum absolute atomic E-state index is 12.9. The van der Waals surface area contributed by atoms with Crippen LogP contribution in [0.25, 0.3) is 0 Å². The van der Waals surface area contributed by atoms with E-state index in [1.54, 1.807) is 24.3 Å². The summed E-state index contributed by atoms with van der Waals surface area (Å²) in [5, 5.41) is 8.38. The first-order valence-corrected chi connectivity index (χ1v) is 10.2. The summed E-state index contributed by atoms with van der Waals surface area (Å²) in [6.45, 7) is 1.66. The van der Waals surface area contributed by atoms with Gasteiger partial charge in [0.15, 0.2) is 0 Å². The number of carbonyl (C=O) groups excluding carboxylic acids is 4. The SMILES string of the molecule is C[C@H]1CCCC[C@@]12NC(=O)N(CC(=O)Nc1ccc(NC(=O)C3CC3)cc1)C2=O. The Balaban J connectivity index is 1.35. The molecule has 0 unspecified atom stereocenters.